The van der Waals surface area contributed by atoms with Crippen molar-refractivity contribution in [3.8, 4) is 16.3 Å². The average molecular weight is 417 g/mol. The average Bonchev–Trinajstić information content (AvgIpc) is 3.21. The molecule has 0 saturated carbocycles. The van der Waals surface area contributed by atoms with Crippen LogP contribution in [-0.4, -0.2) is 24.6 Å². The second-order valence-electron chi connectivity index (χ2n) is 5.47. The Morgan fingerprint density at radius 3 is 2.52 bits per heavy atom. The molecule has 0 aliphatic rings. The highest BCUT2D eigenvalue weighted by atomic mass is 32.2. The predicted molar refractivity (Wildman–Crippen MR) is 93.7 cm³/mol. The lowest BCUT2D eigenvalue weighted by atomic mass is 10.3. The molecule has 27 heavy (non-hydrogen) atoms. The van der Waals surface area contributed by atoms with Gasteiger partial charge < -0.3 is 4.74 Å². The van der Waals surface area contributed by atoms with Gasteiger partial charge in [0.05, 0.1) is 27.7 Å². The minimum atomic E-state index is -4.84. The first kappa shape index (κ1) is 19.4. The maximum atomic E-state index is 12.3. The zero-order chi connectivity index (χ0) is 19.7. The monoisotopic (exact) mass is 417 g/mol. The van der Waals surface area contributed by atoms with Gasteiger partial charge in [-0.25, -0.2) is 13.1 Å². The molecule has 0 fully saturated rings. The molecule has 0 unspecified atom stereocenters. The Kier molecular flexibility index (Phi) is 5.27. The van der Waals surface area contributed by atoms with Crippen LogP contribution < -0.4 is 9.46 Å². The van der Waals surface area contributed by atoms with Gasteiger partial charge in [-0.05, 0) is 41.8 Å². The molecule has 3 aromatic rings. The van der Waals surface area contributed by atoms with Gasteiger partial charge in [-0.15, -0.1) is 24.5 Å². The summed E-state index contributed by atoms with van der Waals surface area (Å²) in [5, 5.41) is 6.20. The molecule has 0 amide bonds. The van der Waals surface area contributed by atoms with Crippen molar-refractivity contribution >= 4 is 21.4 Å². The maximum Gasteiger partial charge on any atom is 0.573 e. The highest BCUT2D eigenvalue weighted by molar-refractivity contribution is 7.89. The van der Waals surface area contributed by atoms with E-state index in [1.54, 1.807) is 17.8 Å². The Balaban J connectivity index is 1.69. The number of sulfonamides is 1. The van der Waals surface area contributed by atoms with Crippen molar-refractivity contribution in [3.05, 3.63) is 53.5 Å². The fourth-order valence-electron chi connectivity index (χ4n) is 2.34. The van der Waals surface area contributed by atoms with Crippen molar-refractivity contribution in [2.45, 2.75) is 17.8 Å². The molecule has 2 aromatic heterocycles. The normalized spacial score (nSPS) is 12.3. The van der Waals surface area contributed by atoms with Crippen LogP contribution in [0, 0.1) is 0 Å². The third-order valence-electron chi connectivity index (χ3n) is 3.51. The number of ether oxygens (including phenoxy) is 1. The summed E-state index contributed by atoms with van der Waals surface area (Å²) in [5.74, 6) is -0.494. The molecule has 144 valence electrons. The molecule has 1 N–H and O–H groups in total. The number of nitrogens with one attached hydrogen (secondary N) is 1. The van der Waals surface area contributed by atoms with Crippen molar-refractivity contribution in [1.29, 1.82) is 0 Å². The standard InChI is InChI=1S/C16H14F3N3O3S2/c1-22-14(15-3-2-8-26-15)9-11(21-22)10-20-27(23,24)13-6-4-12(5-7-13)25-16(17,18)19/h2-9,20H,10H2,1H3. The Morgan fingerprint density at radius 1 is 1.22 bits per heavy atom. The SMILES string of the molecule is Cn1nc(CNS(=O)(=O)c2ccc(OC(F)(F)F)cc2)cc1-c1cccs1. The first-order chi connectivity index (χ1) is 12.6. The molecular weight excluding hydrogens is 403 g/mol. The summed E-state index contributed by atoms with van der Waals surface area (Å²) in [6.07, 6.45) is -4.84. The van der Waals surface area contributed by atoms with Crippen molar-refractivity contribution in [2.75, 3.05) is 0 Å². The summed E-state index contributed by atoms with van der Waals surface area (Å²) in [7, 11) is -2.15. The van der Waals surface area contributed by atoms with Gasteiger partial charge in [0, 0.05) is 7.05 Å². The quantitative estimate of drug-likeness (QED) is 0.666. The number of nitrogens with zero attached hydrogens (tertiary/aromatic N) is 2. The highest BCUT2D eigenvalue weighted by Crippen LogP contribution is 2.26. The van der Waals surface area contributed by atoms with Gasteiger partial charge in [0.1, 0.15) is 5.75 Å². The zero-order valence-corrected chi connectivity index (χ0v) is 15.5. The van der Waals surface area contributed by atoms with E-state index in [1.807, 2.05) is 17.5 Å². The molecule has 11 heteroatoms. The molecule has 3 rings (SSSR count). The smallest absolute Gasteiger partial charge is 0.406 e. The largest absolute Gasteiger partial charge is 0.573 e. The van der Waals surface area contributed by atoms with Gasteiger partial charge in [0.15, 0.2) is 0 Å². The van der Waals surface area contributed by atoms with Crippen LogP contribution in [0.25, 0.3) is 10.6 Å². The van der Waals surface area contributed by atoms with Gasteiger partial charge >= 0.3 is 6.36 Å². The van der Waals surface area contributed by atoms with Crippen molar-refractivity contribution < 1.29 is 26.3 Å². The van der Waals surface area contributed by atoms with E-state index >= 15 is 0 Å². The third kappa shape index (κ3) is 4.87. The molecule has 6 nitrogen and oxygen atoms in total. The molecular formula is C16H14F3N3O3S2. The van der Waals surface area contributed by atoms with Crippen LogP contribution in [0.15, 0.2) is 52.7 Å². The van der Waals surface area contributed by atoms with Gasteiger partial charge in [0.25, 0.3) is 0 Å². The van der Waals surface area contributed by atoms with Gasteiger partial charge in [-0.1, -0.05) is 6.07 Å². The van der Waals surface area contributed by atoms with Crippen molar-refractivity contribution in [2.24, 2.45) is 7.05 Å². The number of hydrogen-bond donors (Lipinski definition) is 1. The van der Waals surface area contributed by atoms with E-state index in [0.717, 1.165) is 34.8 Å². The van der Waals surface area contributed by atoms with Crippen LogP contribution in [0.1, 0.15) is 5.69 Å². The number of aromatic nitrogens is 2. The van der Waals surface area contributed by atoms with E-state index in [2.05, 4.69) is 14.6 Å². The summed E-state index contributed by atoms with van der Waals surface area (Å²) in [6.45, 7) is -0.0532. The first-order valence-electron chi connectivity index (χ1n) is 7.56. The minimum absolute atomic E-state index is 0.0532. The Bertz CT molecular complexity index is 1010. The Labute approximate surface area is 157 Å². The van der Waals surface area contributed by atoms with Crippen LogP contribution in [0.2, 0.25) is 0 Å². The molecule has 0 saturated heterocycles. The predicted octanol–water partition coefficient (Wildman–Crippen LogP) is 3.53. The van der Waals surface area contributed by atoms with Crippen LogP contribution in [0.5, 0.6) is 5.75 Å². The van der Waals surface area contributed by atoms with E-state index in [9.17, 15) is 21.6 Å². The van der Waals surface area contributed by atoms with Crippen LogP contribution in [-0.2, 0) is 23.6 Å². The van der Waals surface area contributed by atoms with Gasteiger partial charge in [0.2, 0.25) is 10.0 Å². The lowest BCUT2D eigenvalue weighted by Gasteiger charge is -2.10. The summed E-state index contributed by atoms with van der Waals surface area (Å²) >= 11 is 1.54. The first-order valence-corrected chi connectivity index (χ1v) is 9.93. The summed E-state index contributed by atoms with van der Waals surface area (Å²) in [6, 6.07) is 9.57. The number of aryl methyl sites for hydroxylation is 1. The molecule has 1 aromatic carbocycles. The van der Waals surface area contributed by atoms with E-state index in [1.165, 1.54) is 11.3 Å². The van der Waals surface area contributed by atoms with Crippen molar-refractivity contribution in [3.63, 3.8) is 0 Å². The fraction of sp³-hybridized carbons (Fsp3) is 0.188. The van der Waals surface area contributed by atoms with Crippen LogP contribution in [0.4, 0.5) is 13.2 Å². The van der Waals surface area contributed by atoms with Gasteiger partial charge in [-0.3, -0.25) is 4.68 Å². The third-order valence-corrected chi connectivity index (χ3v) is 5.82. The maximum absolute atomic E-state index is 12.3. The summed E-state index contributed by atoms with van der Waals surface area (Å²) in [5.41, 5.74) is 1.37. The molecule has 0 aliphatic carbocycles. The number of rotatable bonds is 6. The van der Waals surface area contributed by atoms with Crippen LogP contribution >= 0.6 is 11.3 Å². The molecule has 0 spiro atoms. The number of halogens is 3. The number of alkyl halides is 3. The zero-order valence-electron chi connectivity index (χ0n) is 13.9. The minimum Gasteiger partial charge on any atom is -0.406 e. The fourth-order valence-corrected chi connectivity index (χ4v) is 4.11. The molecule has 2 heterocycles. The van der Waals surface area contributed by atoms with Crippen LogP contribution in [0.3, 0.4) is 0 Å². The number of hydrogen-bond acceptors (Lipinski definition) is 5. The molecule has 0 bridgehead atoms. The van der Waals surface area contributed by atoms with Crippen molar-refractivity contribution in [1.82, 2.24) is 14.5 Å². The second kappa shape index (κ2) is 7.33. The van der Waals surface area contributed by atoms with Gasteiger partial charge in [-0.2, -0.15) is 5.10 Å². The molecule has 0 aliphatic heterocycles. The summed E-state index contributed by atoms with van der Waals surface area (Å²) < 4.78 is 68.9. The number of thiophene rings is 1. The Hall–Kier alpha value is -2.37. The lowest BCUT2D eigenvalue weighted by Crippen LogP contribution is -2.23. The van der Waals surface area contributed by atoms with E-state index in [-0.39, 0.29) is 11.4 Å². The Morgan fingerprint density at radius 2 is 1.93 bits per heavy atom. The van der Waals surface area contributed by atoms with E-state index in [4.69, 9.17) is 0 Å². The van der Waals surface area contributed by atoms with E-state index < -0.39 is 22.1 Å². The second-order valence-corrected chi connectivity index (χ2v) is 8.18. The highest BCUT2D eigenvalue weighted by Gasteiger charge is 2.31. The topological polar surface area (TPSA) is 73.2 Å². The lowest BCUT2D eigenvalue weighted by molar-refractivity contribution is -0.274. The molecule has 0 radical (unpaired) electrons. The number of benzene rings is 1. The van der Waals surface area contributed by atoms with E-state index in [0.29, 0.717) is 5.69 Å². The molecule has 0 atom stereocenters. The summed E-state index contributed by atoms with van der Waals surface area (Å²) in [4.78, 5) is 0.825.